The van der Waals surface area contributed by atoms with Gasteiger partial charge in [0.15, 0.2) is 0 Å². The summed E-state index contributed by atoms with van der Waals surface area (Å²) in [6.07, 6.45) is 0.522. The fraction of sp³-hybridized carbons (Fsp3) is 0.263. The minimum atomic E-state index is -3.41. The Bertz CT molecular complexity index is 940. The molecule has 7 heteroatoms. The zero-order valence-electron chi connectivity index (χ0n) is 14.7. The van der Waals surface area contributed by atoms with Crippen molar-refractivity contribution >= 4 is 27.3 Å². The number of carbonyl (C=O) groups is 1. The molecule has 0 aliphatic carbocycles. The first-order valence-corrected chi connectivity index (χ1v) is 10.1. The molecule has 0 radical (unpaired) electrons. The highest BCUT2D eigenvalue weighted by Crippen LogP contribution is 2.34. The summed E-state index contributed by atoms with van der Waals surface area (Å²) in [5.74, 6) is -0.166. The van der Waals surface area contributed by atoms with Gasteiger partial charge in [-0.25, -0.2) is 13.4 Å². The lowest BCUT2D eigenvalue weighted by Gasteiger charge is -2.20. The molecule has 3 rings (SSSR count). The average molecular weight is 371 g/mol. The van der Waals surface area contributed by atoms with Gasteiger partial charge in [0.25, 0.3) is 0 Å². The number of para-hydroxylation sites is 1. The minimum Gasteiger partial charge on any atom is -0.283 e. The van der Waals surface area contributed by atoms with Crippen LogP contribution in [0.15, 0.2) is 59.7 Å². The summed E-state index contributed by atoms with van der Waals surface area (Å²) >= 11 is 0. The van der Waals surface area contributed by atoms with Crippen molar-refractivity contribution in [2.45, 2.75) is 26.3 Å². The van der Waals surface area contributed by atoms with Crippen LogP contribution in [0.2, 0.25) is 0 Å². The first-order valence-electron chi connectivity index (χ1n) is 8.43. The molecule has 1 aliphatic rings. The van der Waals surface area contributed by atoms with Crippen molar-refractivity contribution in [2.24, 2.45) is 5.10 Å². The molecule has 6 nitrogen and oxygen atoms in total. The Morgan fingerprint density at radius 1 is 1.15 bits per heavy atom. The second-order valence-electron chi connectivity index (χ2n) is 6.09. The van der Waals surface area contributed by atoms with Gasteiger partial charge in [0.05, 0.1) is 23.2 Å². The molecule has 0 fully saturated rings. The van der Waals surface area contributed by atoms with Gasteiger partial charge in [0.1, 0.15) is 0 Å². The Morgan fingerprint density at radius 2 is 1.81 bits per heavy atom. The van der Waals surface area contributed by atoms with Crippen LogP contribution in [0.1, 0.15) is 37.4 Å². The van der Waals surface area contributed by atoms with Crippen LogP contribution in [0, 0.1) is 0 Å². The van der Waals surface area contributed by atoms with Gasteiger partial charge < -0.3 is 0 Å². The third-order valence-corrected chi connectivity index (χ3v) is 5.59. The normalized spacial score (nSPS) is 17.1. The molecule has 1 atom stereocenters. The maximum absolute atomic E-state index is 12.1. The maximum atomic E-state index is 12.1. The molecule has 0 bridgehead atoms. The number of hydrogen-bond donors (Lipinski definition) is 1. The molecule has 1 heterocycles. The van der Waals surface area contributed by atoms with Crippen molar-refractivity contribution in [3.63, 3.8) is 0 Å². The molecule has 0 spiro atoms. The van der Waals surface area contributed by atoms with Crippen LogP contribution in [0.4, 0.5) is 5.69 Å². The standard InChI is InChI=1S/C19H21N3O3S/c1-3-26(24,25)21-17-12-8-7-11-16(17)18-13-19(22(20-18)14(2)23)15-9-5-4-6-10-15/h4-12,19,21H,3,13H2,1-2H3/t19-/m0/s1. The highest BCUT2D eigenvalue weighted by Gasteiger charge is 2.32. The molecule has 1 aliphatic heterocycles. The van der Waals surface area contributed by atoms with Gasteiger partial charge >= 0.3 is 0 Å². The Balaban J connectivity index is 1.98. The van der Waals surface area contributed by atoms with E-state index in [1.165, 1.54) is 11.9 Å². The van der Waals surface area contributed by atoms with Crippen LogP contribution in [0.25, 0.3) is 0 Å². The molecule has 0 saturated carbocycles. The van der Waals surface area contributed by atoms with Gasteiger partial charge in [0.2, 0.25) is 15.9 Å². The molecular formula is C19H21N3O3S. The number of nitrogens with zero attached hydrogens (tertiary/aromatic N) is 2. The fourth-order valence-electron chi connectivity index (χ4n) is 2.96. The lowest BCUT2D eigenvalue weighted by atomic mass is 9.98. The summed E-state index contributed by atoms with van der Waals surface area (Å²) in [4.78, 5) is 12.1. The van der Waals surface area contributed by atoms with E-state index in [-0.39, 0.29) is 17.7 Å². The Hall–Kier alpha value is -2.67. The number of amides is 1. The number of hydrazone groups is 1. The van der Waals surface area contributed by atoms with Gasteiger partial charge in [-0.15, -0.1) is 0 Å². The van der Waals surface area contributed by atoms with Gasteiger partial charge in [-0.3, -0.25) is 9.52 Å². The topological polar surface area (TPSA) is 78.8 Å². The molecule has 2 aromatic rings. The van der Waals surface area contributed by atoms with E-state index in [0.29, 0.717) is 23.4 Å². The molecule has 0 saturated heterocycles. The number of carbonyl (C=O) groups excluding carboxylic acids is 1. The second kappa shape index (κ2) is 7.29. The van der Waals surface area contributed by atoms with Crippen molar-refractivity contribution in [1.82, 2.24) is 5.01 Å². The highest BCUT2D eigenvalue weighted by atomic mass is 32.2. The van der Waals surface area contributed by atoms with Crippen molar-refractivity contribution in [2.75, 3.05) is 10.5 Å². The number of sulfonamides is 1. The molecule has 0 aromatic heterocycles. The summed E-state index contributed by atoms with van der Waals surface area (Å²) in [7, 11) is -3.41. The largest absolute Gasteiger partial charge is 0.283 e. The van der Waals surface area contributed by atoms with E-state index in [9.17, 15) is 13.2 Å². The fourth-order valence-corrected chi connectivity index (χ4v) is 3.62. The first kappa shape index (κ1) is 18.1. The van der Waals surface area contributed by atoms with Gasteiger partial charge in [0, 0.05) is 18.9 Å². The number of hydrogen-bond acceptors (Lipinski definition) is 4. The van der Waals surface area contributed by atoms with E-state index in [1.54, 1.807) is 19.1 Å². The zero-order chi connectivity index (χ0) is 18.7. The third kappa shape index (κ3) is 3.77. The number of benzene rings is 2. The zero-order valence-corrected chi connectivity index (χ0v) is 15.5. The SMILES string of the molecule is CCS(=O)(=O)Nc1ccccc1C1=NN(C(C)=O)[C@H](c2ccccc2)C1. The molecule has 1 N–H and O–H groups in total. The summed E-state index contributed by atoms with van der Waals surface area (Å²) in [6.45, 7) is 3.06. The van der Waals surface area contributed by atoms with Crippen molar-refractivity contribution < 1.29 is 13.2 Å². The van der Waals surface area contributed by atoms with Crippen molar-refractivity contribution in [3.05, 3.63) is 65.7 Å². The Kier molecular flexibility index (Phi) is 5.08. The molecule has 26 heavy (non-hydrogen) atoms. The predicted octanol–water partition coefficient (Wildman–Crippen LogP) is 3.15. The van der Waals surface area contributed by atoms with Gasteiger partial charge in [-0.1, -0.05) is 48.5 Å². The van der Waals surface area contributed by atoms with E-state index < -0.39 is 10.0 Å². The minimum absolute atomic E-state index is 0.0139. The van der Waals surface area contributed by atoms with Crippen molar-refractivity contribution in [3.8, 4) is 0 Å². The van der Waals surface area contributed by atoms with Crippen LogP contribution in [-0.2, 0) is 14.8 Å². The number of nitrogens with one attached hydrogen (secondary N) is 1. The van der Waals surface area contributed by atoms with E-state index >= 15 is 0 Å². The van der Waals surface area contributed by atoms with Crippen LogP contribution in [0.5, 0.6) is 0 Å². The van der Waals surface area contributed by atoms with E-state index in [2.05, 4.69) is 9.82 Å². The van der Waals surface area contributed by atoms with E-state index in [0.717, 1.165) is 5.56 Å². The van der Waals surface area contributed by atoms with Crippen LogP contribution < -0.4 is 4.72 Å². The molecule has 0 unspecified atom stereocenters. The average Bonchev–Trinajstić information content (AvgIpc) is 3.08. The predicted molar refractivity (Wildman–Crippen MR) is 102 cm³/mol. The highest BCUT2D eigenvalue weighted by molar-refractivity contribution is 7.92. The number of rotatable bonds is 5. The van der Waals surface area contributed by atoms with E-state index in [1.807, 2.05) is 42.5 Å². The van der Waals surface area contributed by atoms with Gasteiger partial charge in [-0.2, -0.15) is 5.10 Å². The monoisotopic (exact) mass is 371 g/mol. The van der Waals surface area contributed by atoms with Crippen LogP contribution in [-0.4, -0.2) is 30.8 Å². The quantitative estimate of drug-likeness (QED) is 0.877. The Morgan fingerprint density at radius 3 is 2.46 bits per heavy atom. The van der Waals surface area contributed by atoms with Crippen LogP contribution in [0.3, 0.4) is 0 Å². The summed E-state index contributed by atoms with van der Waals surface area (Å²) in [6, 6.07) is 16.6. The first-order chi connectivity index (χ1) is 12.4. The number of anilines is 1. The smallest absolute Gasteiger partial charge is 0.240 e. The van der Waals surface area contributed by atoms with E-state index in [4.69, 9.17) is 0 Å². The molecule has 2 aromatic carbocycles. The molecular weight excluding hydrogens is 350 g/mol. The Labute approximate surface area is 153 Å². The summed E-state index contributed by atoms with van der Waals surface area (Å²) < 4.78 is 26.6. The van der Waals surface area contributed by atoms with Crippen molar-refractivity contribution in [1.29, 1.82) is 0 Å². The summed E-state index contributed by atoms with van der Waals surface area (Å²) in [5, 5.41) is 5.97. The summed E-state index contributed by atoms with van der Waals surface area (Å²) in [5.41, 5.74) is 2.84. The second-order valence-corrected chi connectivity index (χ2v) is 8.10. The lowest BCUT2D eigenvalue weighted by Crippen LogP contribution is -2.24. The lowest BCUT2D eigenvalue weighted by molar-refractivity contribution is -0.130. The van der Waals surface area contributed by atoms with Crippen LogP contribution >= 0.6 is 0 Å². The van der Waals surface area contributed by atoms with Gasteiger partial charge in [-0.05, 0) is 18.6 Å². The molecule has 1 amide bonds. The third-order valence-electron chi connectivity index (χ3n) is 4.30. The maximum Gasteiger partial charge on any atom is 0.240 e. The molecule has 136 valence electrons.